The first kappa shape index (κ1) is 31.8. The maximum atomic E-state index is 12.7. The van der Waals surface area contributed by atoms with Gasteiger partial charge in [-0.2, -0.15) is 0 Å². The molecule has 0 saturated carbocycles. The smallest absolute Gasteiger partial charge is 0.409 e. The van der Waals surface area contributed by atoms with Crippen molar-refractivity contribution in [3.63, 3.8) is 0 Å². The third kappa shape index (κ3) is 6.44. The first-order valence-electron chi connectivity index (χ1n) is 13.8. The number of ketones is 1. The fourth-order valence-electron chi connectivity index (χ4n) is 5.65. The zero-order chi connectivity index (χ0) is 30.8. The van der Waals surface area contributed by atoms with Crippen LogP contribution in [0.25, 0.3) is 17.0 Å². The van der Waals surface area contributed by atoms with Crippen molar-refractivity contribution in [1.82, 2.24) is 20.2 Å². The van der Waals surface area contributed by atoms with E-state index in [4.69, 9.17) is 48.4 Å². The normalized spacial score (nSPS) is 17.4. The number of likely N-dealkylation sites (N-methyl/N-ethyl adjacent to an activating group) is 1. The minimum Gasteiger partial charge on any atom is -0.489 e. The Balaban J connectivity index is 1.73. The summed E-state index contributed by atoms with van der Waals surface area (Å²) in [6, 6.07) is 3.26. The van der Waals surface area contributed by atoms with Gasteiger partial charge < -0.3 is 35.4 Å². The van der Waals surface area contributed by atoms with Crippen molar-refractivity contribution in [3.8, 4) is 17.1 Å². The van der Waals surface area contributed by atoms with E-state index in [0.717, 1.165) is 25.9 Å². The van der Waals surface area contributed by atoms with Gasteiger partial charge in [0.1, 0.15) is 24.3 Å². The van der Waals surface area contributed by atoms with E-state index in [0.29, 0.717) is 64.3 Å². The summed E-state index contributed by atoms with van der Waals surface area (Å²) in [5.41, 5.74) is 8.33. The highest BCUT2D eigenvalue weighted by molar-refractivity contribution is 6.40. The number of nitrogens with two attached hydrogens (primary N) is 1. The summed E-state index contributed by atoms with van der Waals surface area (Å²) in [4.78, 5) is 38.3. The number of likely N-dealkylation sites (tertiary alicyclic amines) is 1. The van der Waals surface area contributed by atoms with Crippen molar-refractivity contribution in [2.24, 2.45) is 11.1 Å². The first-order valence-corrected chi connectivity index (χ1v) is 14.5. The molecule has 1 aromatic heterocycles. The van der Waals surface area contributed by atoms with Crippen molar-refractivity contribution in [1.29, 1.82) is 0 Å². The number of amides is 1. The van der Waals surface area contributed by atoms with E-state index in [2.05, 4.69) is 10.2 Å². The van der Waals surface area contributed by atoms with Gasteiger partial charge >= 0.3 is 6.09 Å². The molecule has 4 rings (SSSR count). The fourth-order valence-corrected chi connectivity index (χ4v) is 6.25. The number of Topliss-reactive ketones (excluding diaryl/α,β-unsaturated/α-hetero) is 1. The Bertz CT molecular complexity index is 1380. The first-order chi connectivity index (χ1) is 19.9. The Hall–Kier alpha value is -3.12. The Morgan fingerprint density at radius 1 is 1.19 bits per heavy atom. The second-order valence-electron chi connectivity index (χ2n) is 11.0. The van der Waals surface area contributed by atoms with Crippen LogP contribution in [0.2, 0.25) is 10.0 Å². The summed E-state index contributed by atoms with van der Waals surface area (Å²) in [6.07, 6.45) is 0.644. The van der Waals surface area contributed by atoms with Crippen LogP contribution in [-0.2, 0) is 9.53 Å². The number of ether oxygens (including phenoxy) is 2. The molecule has 1 spiro atoms. The molecule has 42 heavy (non-hydrogen) atoms. The fraction of sp³-hybridized carbons (Fsp3) is 0.517. The van der Waals surface area contributed by atoms with Gasteiger partial charge in [0.05, 0.1) is 34.0 Å². The molecule has 4 N–H and O–H groups in total. The number of halogens is 2. The lowest BCUT2D eigenvalue weighted by molar-refractivity contribution is -0.111. The van der Waals surface area contributed by atoms with Crippen LogP contribution in [0.3, 0.4) is 0 Å². The van der Waals surface area contributed by atoms with Crippen LogP contribution >= 0.6 is 23.2 Å². The van der Waals surface area contributed by atoms with E-state index in [-0.39, 0.29) is 34.7 Å². The molecule has 1 atom stereocenters. The largest absolute Gasteiger partial charge is 0.489 e. The molecule has 2 fully saturated rings. The zero-order valence-electron chi connectivity index (χ0n) is 24.6. The van der Waals surface area contributed by atoms with Crippen LogP contribution in [0.4, 0.5) is 10.6 Å². The van der Waals surface area contributed by atoms with Gasteiger partial charge in [-0.25, -0.2) is 14.8 Å². The predicted octanol–water partition coefficient (Wildman–Crippen LogP) is 3.67. The maximum Gasteiger partial charge on any atom is 0.409 e. The second-order valence-corrected chi connectivity index (χ2v) is 11.8. The van der Waals surface area contributed by atoms with E-state index in [1.807, 2.05) is 6.92 Å². The molecule has 0 aliphatic carbocycles. The standard InChI is InChI=1S/C29H38Cl2N6O5/c1-16-25(22(17(2)32)18(3)38)34-26(23-20(30)6-7-21(24(23)31)42-13-19(39)12-33-4)35-27(16)37-14-29(15-37)8-10-36(11-9-29)28(40)41-5/h6-7,19,33,39H,8-15,32H2,1-5H3/t19-/m1/s1. The van der Waals surface area contributed by atoms with Crippen LogP contribution in [0, 0.1) is 12.3 Å². The van der Waals surface area contributed by atoms with Gasteiger partial charge in [0.25, 0.3) is 0 Å². The number of hydrogen-bond acceptors (Lipinski definition) is 10. The highest BCUT2D eigenvalue weighted by atomic mass is 35.5. The van der Waals surface area contributed by atoms with E-state index in [1.165, 1.54) is 14.0 Å². The number of aliphatic hydroxyl groups excluding tert-OH is 1. The number of methoxy groups -OCH3 is 1. The summed E-state index contributed by atoms with van der Waals surface area (Å²) in [6.45, 7) is 8.07. The molecule has 2 saturated heterocycles. The van der Waals surface area contributed by atoms with Crippen molar-refractivity contribution < 1.29 is 24.2 Å². The van der Waals surface area contributed by atoms with Crippen molar-refractivity contribution in [3.05, 3.63) is 39.1 Å². The number of anilines is 1. The maximum absolute atomic E-state index is 12.7. The van der Waals surface area contributed by atoms with Crippen molar-refractivity contribution in [2.75, 3.05) is 58.4 Å². The molecule has 1 aromatic carbocycles. The van der Waals surface area contributed by atoms with E-state index in [9.17, 15) is 14.7 Å². The SMILES string of the molecule is CNC[C@@H](O)COc1ccc(Cl)c(-c2nc(C(C(C)=O)=C(C)N)c(C)c(N3CC4(CCN(C(=O)OC)CC4)C3)n2)c1Cl. The van der Waals surface area contributed by atoms with E-state index < -0.39 is 6.10 Å². The number of rotatable bonds is 9. The number of allylic oxidation sites excluding steroid dienone is 2. The summed E-state index contributed by atoms with van der Waals surface area (Å²) in [7, 11) is 3.13. The lowest BCUT2D eigenvalue weighted by Gasteiger charge is -2.54. The minimum atomic E-state index is -0.743. The van der Waals surface area contributed by atoms with Crippen LogP contribution < -0.4 is 20.7 Å². The average Bonchev–Trinajstić information content (AvgIpc) is 2.92. The molecule has 2 aliphatic heterocycles. The number of piperidine rings is 1. The third-order valence-corrected chi connectivity index (χ3v) is 8.55. The summed E-state index contributed by atoms with van der Waals surface area (Å²) >= 11 is 13.5. The zero-order valence-corrected chi connectivity index (χ0v) is 26.1. The molecule has 11 nitrogen and oxygen atoms in total. The number of nitrogens with zero attached hydrogens (tertiary/aromatic N) is 4. The molecule has 2 aromatic rings. The Kier molecular flexibility index (Phi) is 9.87. The van der Waals surface area contributed by atoms with Gasteiger partial charge in [-0.15, -0.1) is 0 Å². The van der Waals surface area contributed by atoms with E-state index in [1.54, 1.807) is 31.0 Å². The second kappa shape index (κ2) is 13.0. The molecule has 0 unspecified atom stereocenters. The lowest BCUT2D eigenvalue weighted by atomic mass is 9.72. The van der Waals surface area contributed by atoms with Crippen LogP contribution in [0.15, 0.2) is 17.8 Å². The lowest BCUT2D eigenvalue weighted by Crippen LogP contribution is -2.61. The molecule has 0 bridgehead atoms. The number of benzene rings is 1. The Morgan fingerprint density at radius 3 is 2.43 bits per heavy atom. The number of aliphatic hydroxyl groups is 1. The average molecular weight is 622 g/mol. The minimum absolute atomic E-state index is 0.0136. The number of carbonyl (C=O) groups is 2. The summed E-state index contributed by atoms with van der Waals surface area (Å²) < 4.78 is 10.7. The molecule has 228 valence electrons. The quantitative estimate of drug-likeness (QED) is 0.355. The van der Waals surface area contributed by atoms with Gasteiger partial charge in [0.2, 0.25) is 0 Å². The van der Waals surface area contributed by atoms with Gasteiger partial charge in [-0.3, -0.25) is 4.79 Å². The highest BCUT2D eigenvalue weighted by Crippen LogP contribution is 2.45. The topological polar surface area (TPSA) is 143 Å². The van der Waals surface area contributed by atoms with Crippen LogP contribution in [0.1, 0.15) is 37.9 Å². The van der Waals surface area contributed by atoms with Gasteiger partial charge in [-0.05, 0) is 52.8 Å². The van der Waals surface area contributed by atoms with Gasteiger partial charge in [0.15, 0.2) is 11.6 Å². The number of carbonyl (C=O) groups excluding carboxylic acids is 2. The molecule has 13 heteroatoms. The molecular formula is C29H38Cl2N6O5. The monoisotopic (exact) mass is 620 g/mol. The van der Waals surface area contributed by atoms with Crippen LogP contribution in [-0.4, -0.2) is 91.4 Å². The predicted molar refractivity (Wildman–Crippen MR) is 163 cm³/mol. The van der Waals surface area contributed by atoms with Gasteiger partial charge in [-0.1, -0.05) is 23.2 Å². The molecule has 3 heterocycles. The molecule has 2 aliphatic rings. The van der Waals surface area contributed by atoms with Crippen LogP contribution in [0.5, 0.6) is 5.75 Å². The third-order valence-electron chi connectivity index (χ3n) is 7.86. The Labute approximate surface area is 256 Å². The molecular weight excluding hydrogens is 583 g/mol. The number of aromatic nitrogens is 2. The van der Waals surface area contributed by atoms with E-state index >= 15 is 0 Å². The summed E-state index contributed by atoms with van der Waals surface area (Å²) in [5, 5.41) is 13.5. The van der Waals surface area contributed by atoms with Crippen molar-refractivity contribution >= 4 is 46.5 Å². The molecule has 0 radical (unpaired) electrons. The number of nitrogens with one attached hydrogen (secondary N) is 1. The number of hydrogen-bond donors (Lipinski definition) is 3. The Morgan fingerprint density at radius 2 is 1.86 bits per heavy atom. The highest BCUT2D eigenvalue weighted by Gasteiger charge is 2.47. The molecule has 1 amide bonds. The summed E-state index contributed by atoms with van der Waals surface area (Å²) in [5.74, 6) is 0.968. The van der Waals surface area contributed by atoms with Gasteiger partial charge in [0, 0.05) is 49.4 Å². The van der Waals surface area contributed by atoms with Crippen molar-refractivity contribution in [2.45, 2.75) is 39.7 Å².